The van der Waals surface area contributed by atoms with Crippen molar-refractivity contribution in [3.05, 3.63) is 0 Å². The van der Waals surface area contributed by atoms with E-state index in [-0.39, 0.29) is 0 Å². The van der Waals surface area contributed by atoms with E-state index < -0.39 is 0 Å². The molecule has 0 amide bonds. The van der Waals surface area contributed by atoms with Gasteiger partial charge in [-0.3, -0.25) is 0 Å². The zero-order valence-electron chi connectivity index (χ0n) is 9.97. The summed E-state index contributed by atoms with van der Waals surface area (Å²) in [5, 5.41) is 7.11. The third-order valence-corrected chi connectivity index (χ3v) is 2.31. The summed E-state index contributed by atoms with van der Waals surface area (Å²) < 4.78 is 5.22. The van der Waals surface area contributed by atoms with Gasteiger partial charge in [-0.15, -0.1) is 0 Å². The van der Waals surface area contributed by atoms with Gasteiger partial charge in [0.15, 0.2) is 5.11 Å². The molecule has 0 aromatic carbocycles. The summed E-state index contributed by atoms with van der Waals surface area (Å²) in [6.45, 7) is 7.67. The predicted octanol–water partition coefficient (Wildman–Crippen LogP) is 2.07. The van der Waals surface area contributed by atoms with Gasteiger partial charge in [-0.2, -0.15) is 0 Å². The van der Waals surface area contributed by atoms with Crippen LogP contribution in [0.2, 0.25) is 0 Å². The Labute approximate surface area is 99.0 Å². The number of thiocarbonyl (C=S) groups is 1. The smallest absolute Gasteiger partial charge is 0.166 e. The van der Waals surface area contributed by atoms with E-state index in [9.17, 15) is 0 Å². The van der Waals surface area contributed by atoms with Crippen molar-refractivity contribution < 1.29 is 4.74 Å². The summed E-state index contributed by atoms with van der Waals surface area (Å²) in [5.41, 5.74) is 0. The lowest BCUT2D eigenvalue weighted by Gasteiger charge is -2.09. The van der Waals surface area contributed by atoms with Crippen LogP contribution >= 0.6 is 12.2 Å². The van der Waals surface area contributed by atoms with Gasteiger partial charge in [0.25, 0.3) is 0 Å². The van der Waals surface area contributed by atoms with Crippen LogP contribution in [0.1, 0.15) is 39.5 Å². The van der Waals surface area contributed by atoms with E-state index in [0.29, 0.717) is 0 Å². The van der Waals surface area contributed by atoms with Gasteiger partial charge in [-0.05, 0) is 32.0 Å². The third-order valence-electron chi connectivity index (χ3n) is 2.02. The molecule has 0 saturated heterocycles. The number of nitrogens with one attached hydrogen (secondary N) is 2. The van der Waals surface area contributed by atoms with Crippen molar-refractivity contribution in [3.63, 3.8) is 0 Å². The Balaban J connectivity index is 3.11. The van der Waals surface area contributed by atoms with Crippen LogP contribution in [0, 0.1) is 0 Å². The van der Waals surface area contributed by atoms with Crippen molar-refractivity contribution >= 4 is 17.3 Å². The second-order valence-corrected chi connectivity index (χ2v) is 3.85. The zero-order chi connectivity index (χ0) is 11.4. The van der Waals surface area contributed by atoms with Crippen molar-refractivity contribution in [2.75, 3.05) is 26.3 Å². The van der Waals surface area contributed by atoms with Crippen LogP contribution in [0.15, 0.2) is 0 Å². The van der Waals surface area contributed by atoms with Crippen molar-refractivity contribution in [2.24, 2.45) is 0 Å². The molecule has 0 aromatic rings. The van der Waals surface area contributed by atoms with Crippen molar-refractivity contribution in [3.8, 4) is 0 Å². The third kappa shape index (κ3) is 11.6. The van der Waals surface area contributed by atoms with E-state index >= 15 is 0 Å². The summed E-state index contributed by atoms with van der Waals surface area (Å²) in [4.78, 5) is 0. The Morgan fingerprint density at radius 2 is 1.73 bits per heavy atom. The minimum Gasteiger partial charge on any atom is -0.382 e. The Hall–Kier alpha value is -0.350. The molecule has 15 heavy (non-hydrogen) atoms. The van der Waals surface area contributed by atoms with Crippen LogP contribution in [0.4, 0.5) is 0 Å². The van der Waals surface area contributed by atoms with Crippen molar-refractivity contribution in [2.45, 2.75) is 39.5 Å². The number of unbranched alkanes of at least 4 members (excludes halogenated alkanes) is 2. The van der Waals surface area contributed by atoms with E-state index in [0.717, 1.165) is 37.8 Å². The summed E-state index contributed by atoms with van der Waals surface area (Å²) in [7, 11) is 0. The first-order valence-corrected chi connectivity index (χ1v) is 6.31. The van der Waals surface area contributed by atoms with Crippen LogP contribution in [-0.2, 0) is 4.74 Å². The fourth-order valence-corrected chi connectivity index (χ4v) is 1.36. The van der Waals surface area contributed by atoms with Crippen LogP contribution in [0.3, 0.4) is 0 Å². The average Bonchev–Trinajstić information content (AvgIpc) is 2.24. The highest BCUT2D eigenvalue weighted by molar-refractivity contribution is 7.80. The SMILES string of the molecule is CCCCCNC(=S)NCCCOCC. The normalized spacial score (nSPS) is 10.0. The average molecular weight is 232 g/mol. The van der Waals surface area contributed by atoms with Crippen molar-refractivity contribution in [1.82, 2.24) is 10.6 Å². The molecular weight excluding hydrogens is 208 g/mol. The predicted molar refractivity (Wildman–Crippen MR) is 69.2 cm³/mol. The molecular formula is C11H24N2OS. The quantitative estimate of drug-likeness (QED) is 0.471. The molecule has 0 unspecified atom stereocenters. The number of hydrogen-bond acceptors (Lipinski definition) is 2. The molecule has 0 saturated carbocycles. The highest BCUT2D eigenvalue weighted by atomic mass is 32.1. The molecule has 2 N–H and O–H groups in total. The highest BCUT2D eigenvalue weighted by Crippen LogP contribution is 1.90. The molecule has 0 atom stereocenters. The molecule has 0 bridgehead atoms. The van der Waals surface area contributed by atoms with Gasteiger partial charge in [-0.25, -0.2) is 0 Å². The Bertz CT molecular complexity index is 154. The van der Waals surface area contributed by atoms with Crippen LogP contribution in [0.5, 0.6) is 0 Å². The minimum atomic E-state index is 0.766. The number of ether oxygens (including phenoxy) is 1. The van der Waals surface area contributed by atoms with Crippen LogP contribution in [0.25, 0.3) is 0 Å². The van der Waals surface area contributed by atoms with E-state index in [1.807, 2.05) is 6.92 Å². The van der Waals surface area contributed by atoms with Gasteiger partial charge < -0.3 is 15.4 Å². The first-order valence-electron chi connectivity index (χ1n) is 5.90. The molecule has 0 aliphatic rings. The Kier molecular flexibility index (Phi) is 11.4. The maximum absolute atomic E-state index is 5.22. The molecule has 0 rings (SSSR count). The van der Waals surface area contributed by atoms with Gasteiger partial charge in [0.1, 0.15) is 0 Å². The summed E-state index contributed by atoms with van der Waals surface area (Å²) in [5.74, 6) is 0. The Morgan fingerprint density at radius 3 is 2.33 bits per heavy atom. The van der Waals surface area contributed by atoms with Crippen molar-refractivity contribution in [1.29, 1.82) is 0 Å². The maximum atomic E-state index is 5.22. The number of hydrogen-bond donors (Lipinski definition) is 2. The summed E-state index contributed by atoms with van der Waals surface area (Å²) in [6.07, 6.45) is 4.71. The van der Waals surface area contributed by atoms with E-state index in [2.05, 4.69) is 17.6 Å². The van der Waals surface area contributed by atoms with E-state index in [1.54, 1.807) is 0 Å². The molecule has 0 spiro atoms. The molecule has 0 aliphatic carbocycles. The largest absolute Gasteiger partial charge is 0.382 e. The molecule has 90 valence electrons. The summed E-state index contributed by atoms with van der Waals surface area (Å²) in [6, 6.07) is 0. The van der Waals surface area contributed by atoms with E-state index in [1.165, 1.54) is 19.3 Å². The lowest BCUT2D eigenvalue weighted by Crippen LogP contribution is -2.36. The topological polar surface area (TPSA) is 33.3 Å². The molecule has 0 fully saturated rings. The summed E-state index contributed by atoms with van der Waals surface area (Å²) >= 11 is 5.12. The molecule has 0 aromatic heterocycles. The zero-order valence-corrected chi connectivity index (χ0v) is 10.8. The van der Waals surface area contributed by atoms with Crippen LogP contribution in [-0.4, -0.2) is 31.4 Å². The molecule has 0 radical (unpaired) electrons. The van der Waals surface area contributed by atoms with Gasteiger partial charge in [0, 0.05) is 26.3 Å². The lowest BCUT2D eigenvalue weighted by molar-refractivity contribution is 0.145. The number of rotatable bonds is 9. The molecule has 0 aliphatic heterocycles. The Morgan fingerprint density at radius 1 is 1.07 bits per heavy atom. The molecule has 0 heterocycles. The minimum absolute atomic E-state index is 0.766. The monoisotopic (exact) mass is 232 g/mol. The first-order chi connectivity index (χ1) is 7.31. The fraction of sp³-hybridized carbons (Fsp3) is 0.909. The van der Waals surface area contributed by atoms with Gasteiger partial charge in [-0.1, -0.05) is 19.8 Å². The van der Waals surface area contributed by atoms with Crippen LogP contribution < -0.4 is 10.6 Å². The standard InChI is InChI=1S/C11H24N2OS/c1-3-5-6-8-12-11(15)13-9-7-10-14-4-2/h3-10H2,1-2H3,(H2,12,13,15). The molecule has 3 nitrogen and oxygen atoms in total. The van der Waals surface area contributed by atoms with Gasteiger partial charge >= 0.3 is 0 Å². The lowest BCUT2D eigenvalue weighted by atomic mass is 10.2. The second kappa shape index (κ2) is 11.7. The molecule has 4 heteroatoms. The van der Waals surface area contributed by atoms with Gasteiger partial charge in [0.05, 0.1) is 0 Å². The fourth-order valence-electron chi connectivity index (χ4n) is 1.16. The van der Waals surface area contributed by atoms with E-state index in [4.69, 9.17) is 17.0 Å². The maximum Gasteiger partial charge on any atom is 0.166 e. The van der Waals surface area contributed by atoms with Gasteiger partial charge in [0.2, 0.25) is 0 Å². The highest BCUT2D eigenvalue weighted by Gasteiger charge is 1.93. The first kappa shape index (κ1) is 14.6. The second-order valence-electron chi connectivity index (χ2n) is 3.44.